The van der Waals surface area contributed by atoms with Crippen molar-refractivity contribution in [2.24, 2.45) is 0 Å². The molecule has 0 aliphatic rings. The summed E-state index contributed by atoms with van der Waals surface area (Å²) >= 11 is 0. The number of aromatic nitrogens is 4. The van der Waals surface area contributed by atoms with Gasteiger partial charge in [-0.05, 0) is 20.8 Å². The Hall–Kier alpha value is -2.37. The fourth-order valence-corrected chi connectivity index (χ4v) is 1.58. The minimum atomic E-state index is -0.0338. The van der Waals surface area contributed by atoms with Crippen molar-refractivity contribution in [3.05, 3.63) is 41.2 Å². The van der Waals surface area contributed by atoms with Crippen molar-refractivity contribution in [3.8, 4) is 0 Å². The summed E-state index contributed by atoms with van der Waals surface area (Å²) in [5.74, 6) is 0.443. The molecule has 0 saturated heterocycles. The summed E-state index contributed by atoms with van der Waals surface area (Å²) in [6.07, 6.45) is 4.95. The van der Waals surface area contributed by atoms with Gasteiger partial charge in [-0.2, -0.15) is 0 Å². The molecule has 2 heterocycles. The van der Waals surface area contributed by atoms with Crippen LogP contribution in [0, 0.1) is 13.8 Å². The Morgan fingerprint density at radius 1 is 1.16 bits per heavy atom. The van der Waals surface area contributed by atoms with Crippen molar-refractivity contribution in [2.45, 2.75) is 27.3 Å². The Morgan fingerprint density at radius 2 is 1.95 bits per heavy atom. The van der Waals surface area contributed by atoms with Crippen molar-refractivity contribution in [2.75, 3.05) is 5.32 Å². The van der Waals surface area contributed by atoms with E-state index < -0.39 is 0 Å². The number of hydrogen-bond donors (Lipinski definition) is 1. The number of nitrogens with zero attached hydrogens (tertiary/aromatic N) is 4. The van der Waals surface area contributed by atoms with Crippen molar-refractivity contribution in [3.63, 3.8) is 0 Å². The Labute approximate surface area is 111 Å². The third-order valence-electron chi connectivity index (χ3n) is 2.62. The predicted octanol–water partition coefficient (Wildman–Crippen LogP) is 1.70. The second-order valence-corrected chi connectivity index (χ2v) is 4.25. The van der Waals surface area contributed by atoms with Crippen molar-refractivity contribution < 1.29 is 4.79 Å². The minimum absolute atomic E-state index is 0.0338. The van der Waals surface area contributed by atoms with E-state index in [0.29, 0.717) is 23.8 Å². The first-order valence-corrected chi connectivity index (χ1v) is 5.92. The number of aryl methyl sites for hydroxylation is 2. The Kier molecular flexibility index (Phi) is 3.79. The van der Waals surface area contributed by atoms with Crippen LogP contribution in [0.1, 0.15) is 34.4 Å². The molecule has 19 heavy (non-hydrogen) atoms. The van der Waals surface area contributed by atoms with Crippen LogP contribution in [-0.2, 0) is 6.54 Å². The first-order chi connectivity index (χ1) is 9.06. The molecule has 2 aromatic rings. The summed E-state index contributed by atoms with van der Waals surface area (Å²) in [6, 6.07) is 0. The number of Topliss-reactive ketones (excluding diaryl/α,β-unsaturated/α-hetero) is 1. The van der Waals surface area contributed by atoms with Gasteiger partial charge >= 0.3 is 0 Å². The van der Waals surface area contributed by atoms with E-state index in [2.05, 4.69) is 25.3 Å². The SMILES string of the molecule is CC(=O)c1cnc(NCc2cnc(C)cn2)nc1C. The summed E-state index contributed by atoms with van der Waals surface area (Å²) in [4.78, 5) is 28.0. The van der Waals surface area contributed by atoms with E-state index in [1.165, 1.54) is 13.1 Å². The van der Waals surface area contributed by atoms with Gasteiger partial charge in [0.05, 0.1) is 35.4 Å². The quantitative estimate of drug-likeness (QED) is 0.840. The van der Waals surface area contributed by atoms with Crippen LogP contribution < -0.4 is 5.32 Å². The number of carbonyl (C=O) groups excluding carboxylic acids is 1. The molecule has 0 amide bonds. The third kappa shape index (κ3) is 3.31. The van der Waals surface area contributed by atoms with Crippen molar-refractivity contribution in [1.29, 1.82) is 0 Å². The minimum Gasteiger partial charge on any atom is -0.349 e. The highest BCUT2D eigenvalue weighted by atomic mass is 16.1. The number of anilines is 1. The normalized spacial score (nSPS) is 10.3. The smallest absolute Gasteiger partial charge is 0.223 e. The zero-order chi connectivity index (χ0) is 13.8. The van der Waals surface area contributed by atoms with Gasteiger partial charge in [-0.3, -0.25) is 14.8 Å². The van der Waals surface area contributed by atoms with E-state index in [1.54, 1.807) is 19.3 Å². The van der Waals surface area contributed by atoms with Gasteiger partial charge < -0.3 is 5.32 Å². The highest BCUT2D eigenvalue weighted by molar-refractivity contribution is 5.94. The molecule has 0 aliphatic carbocycles. The largest absolute Gasteiger partial charge is 0.349 e. The zero-order valence-electron chi connectivity index (χ0n) is 11.1. The molecule has 6 nitrogen and oxygen atoms in total. The summed E-state index contributed by atoms with van der Waals surface area (Å²) in [6.45, 7) is 5.67. The second-order valence-electron chi connectivity index (χ2n) is 4.25. The van der Waals surface area contributed by atoms with Crippen LogP contribution in [0.5, 0.6) is 0 Å². The summed E-state index contributed by atoms with van der Waals surface area (Å²) in [5.41, 5.74) is 2.89. The van der Waals surface area contributed by atoms with Crippen LogP contribution in [0.4, 0.5) is 5.95 Å². The third-order valence-corrected chi connectivity index (χ3v) is 2.62. The molecular weight excluding hydrogens is 242 g/mol. The monoisotopic (exact) mass is 257 g/mol. The first kappa shape index (κ1) is 13.1. The molecule has 0 bridgehead atoms. The van der Waals surface area contributed by atoms with Gasteiger partial charge in [0.1, 0.15) is 0 Å². The average molecular weight is 257 g/mol. The highest BCUT2D eigenvalue weighted by Gasteiger charge is 2.07. The lowest BCUT2D eigenvalue weighted by atomic mass is 10.2. The molecule has 0 spiro atoms. The van der Waals surface area contributed by atoms with Gasteiger partial charge in [-0.25, -0.2) is 9.97 Å². The molecule has 6 heteroatoms. The maximum Gasteiger partial charge on any atom is 0.223 e. The first-order valence-electron chi connectivity index (χ1n) is 5.92. The van der Waals surface area contributed by atoms with Gasteiger partial charge in [0.25, 0.3) is 0 Å². The van der Waals surface area contributed by atoms with E-state index in [0.717, 1.165) is 11.4 Å². The van der Waals surface area contributed by atoms with Crippen LogP contribution >= 0.6 is 0 Å². The van der Waals surface area contributed by atoms with E-state index in [-0.39, 0.29) is 5.78 Å². The lowest BCUT2D eigenvalue weighted by Crippen LogP contribution is -2.08. The Balaban J connectivity index is 2.06. The van der Waals surface area contributed by atoms with Gasteiger partial charge in [-0.15, -0.1) is 0 Å². The summed E-state index contributed by atoms with van der Waals surface area (Å²) < 4.78 is 0. The zero-order valence-corrected chi connectivity index (χ0v) is 11.1. The summed E-state index contributed by atoms with van der Waals surface area (Å²) in [5, 5.41) is 3.05. The fourth-order valence-electron chi connectivity index (χ4n) is 1.58. The van der Waals surface area contributed by atoms with Crippen molar-refractivity contribution >= 4 is 11.7 Å². The molecule has 0 aliphatic heterocycles. The molecule has 0 aromatic carbocycles. The van der Waals surface area contributed by atoms with Crippen LogP contribution in [0.15, 0.2) is 18.6 Å². The van der Waals surface area contributed by atoms with Crippen LogP contribution in [0.25, 0.3) is 0 Å². The van der Waals surface area contributed by atoms with Crippen LogP contribution in [-0.4, -0.2) is 25.7 Å². The number of nitrogens with one attached hydrogen (secondary N) is 1. The predicted molar refractivity (Wildman–Crippen MR) is 70.9 cm³/mol. The molecule has 0 unspecified atom stereocenters. The highest BCUT2D eigenvalue weighted by Crippen LogP contribution is 2.08. The fraction of sp³-hybridized carbons (Fsp3) is 0.308. The van der Waals surface area contributed by atoms with Gasteiger partial charge in [0.2, 0.25) is 5.95 Å². The molecular formula is C13H15N5O. The topological polar surface area (TPSA) is 80.7 Å². The standard InChI is InChI=1S/C13H15N5O/c1-8-4-15-11(5-14-8)6-16-13-17-7-12(10(3)19)9(2)18-13/h4-5,7H,6H2,1-3H3,(H,16,17,18). The number of carbonyl (C=O) groups is 1. The van der Waals surface area contributed by atoms with Crippen molar-refractivity contribution in [1.82, 2.24) is 19.9 Å². The molecule has 98 valence electrons. The van der Waals surface area contributed by atoms with Gasteiger partial charge in [0, 0.05) is 12.4 Å². The molecule has 0 atom stereocenters. The molecule has 2 rings (SSSR count). The van der Waals surface area contributed by atoms with Crippen LogP contribution in [0.2, 0.25) is 0 Å². The molecule has 1 N–H and O–H groups in total. The van der Waals surface area contributed by atoms with E-state index >= 15 is 0 Å². The average Bonchev–Trinajstić information content (AvgIpc) is 2.37. The lowest BCUT2D eigenvalue weighted by molar-refractivity contribution is 0.101. The second kappa shape index (κ2) is 5.51. The lowest BCUT2D eigenvalue weighted by Gasteiger charge is -2.06. The number of hydrogen-bond acceptors (Lipinski definition) is 6. The van der Waals surface area contributed by atoms with E-state index in [9.17, 15) is 4.79 Å². The van der Waals surface area contributed by atoms with Gasteiger partial charge in [-0.1, -0.05) is 0 Å². The maximum atomic E-state index is 11.3. The molecule has 0 radical (unpaired) electrons. The molecule has 0 fully saturated rings. The Bertz CT molecular complexity index is 594. The number of rotatable bonds is 4. The molecule has 2 aromatic heterocycles. The summed E-state index contributed by atoms with van der Waals surface area (Å²) in [7, 11) is 0. The van der Waals surface area contributed by atoms with E-state index in [4.69, 9.17) is 0 Å². The van der Waals surface area contributed by atoms with Gasteiger partial charge in [0.15, 0.2) is 5.78 Å². The van der Waals surface area contributed by atoms with Crippen LogP contribution in [0.3, 0.4) is 0 Å². The molecule has 0 saturated carbocycles. The maximum absolute atomic E-state index is 11.3. The Morgan fingerprint density at radius 3 is 2.53 bits per heavy atom. The number of ketones is 1. The van der Waals surface area contributed by atoms with E-state index in [1.807, 2.05) is 6.92 Å².